The molecule has 3 rings (SSSR count). The minimum absolute atomic E-state index is 0.0870. The van der Waals surface area contributed by atoms with Crippen LogP contribution in [0.15, 0.2) is 12.1 Å². The molecule has 1 fully saturated rings. The first-order valence-corrected chi connectivity index (χ1v) is 6.46. The molecule has 1 nitrogen and oxygen atoms in total. The topological polar surface area (TPSA) is 9.23 Å². The fraction of sp³-hybridized carbons (Fsp3) is 0.600. The molecule has 86 valence electrons. The normalized spacial score (nSPS) is 28.4. The smallest absolute Gasteiger partial charge is 0.0937 e. The van der Waals surface area contributed by atoms with E-state index in [1.807, 2.05) is 0 Å². The number of aryl methyl sites for hydroxylation is 2. The number of fused-ring (bicyclic) bond motifs is 2. The fourth-order valence-electron chi connectivity index (χ4n) is 3.59. The lowest BCUT2D eigenvalue weighted by atomic mass is 9.74. The van der Waals surface area contributed by atoms with Gasteiger partial charge in [-0.25, -0.2) is 0 Å². The van der Waals surface area contributed by atoms with Crippen molar-refractivity contribution in [1.29, 1.82) is 0 Å². The van der Waals surface area contributed by atoms with Gasteiger partial charge in [-0.15, -0.1) is 0 Å². The van der Waals surface area contributed by atoms with Gasteiger partial charge in [0.05, 0.1) is 5.60 Å². The third-order valence-corrected chi connectivity index (χ3v) is 4.32. The molecule has 0 amide bonds. The molecule has 1 aliphatic heterocycles. The molecule has 1 aromatic rings. The number of ether oxygens (including phenoxy) is 1. The third-order valence-electron chi connectivity index (χ3n) is 4.32. The molecule has 0 bridgehead atoms. The number of hydrogen-bond acceptors (Lipinski definition) is 1. The molecular formula is C15H20O. The summed E-state index contributed by atoms with van der Waals surface area (Å²) in [6, 6.07) is 4.53. The Bertz CT molecular complexity index is 414. The average Bonchev–Trinajstić information content (AvgIpc) is 2.73. The van der Waals surface area contributed by atoms with E-state index in [4.69, 9.17) is 4.74 Å². The Labute approximate surface area is 97.8 Å². The summed E-state index contributed by atoms with van der Waals surface area (Å²) in [5.41, 5.74) is 6.09. The van der Waals surface area contributed by atoms with Crippen LogP contribution < -0.4 is 0 Å². The molecule has 1 atom stereocenters. The molecule has 0 N–H and O–H groups in total. The van der Waals surface area contributed by atoms with E-state index in [9.17, 15) is 0 Å². The van der Waals surface area contributed by atoms with Crippen LogP contribution in [0.2, 0.25) is 0 Å². The zero-order valence-electron chi connectivity index (χ0n) is 10.3. The highest BCUT2D eigenvalue weighted by molar-refractivity contribution is 5.45. The highest BCUT2D eigenvalue weighted by Gasteiger charge is 2.41. The lowest BCUT2D eigenvalue weighted by molar-refractivity contribution is -0.0145. The van der Waals surface area contributed by atoms with Gasteiger partial charge in [0, 0.05) is 6.61 Å². The van der Waals surface area contributed by atoms with Gasteiger partial charge >= 0.3 is 0 Å². The van der Waals surface area contributed by atoms with Crippen molar-refractivity contribution in [2.75, 3.05) is 6.61 Å². The fourth-order valence-corrected chi connectivity index (χ4v) is 3.59. The molecule has 2 aliphatic rings. The first kappa shape index (κ1) is 10.3. The average molecular weight is 216 g/mol. The summed E-state index contributed by atoms with van der Waals surface area (Å²) in [5.74, 6) is 0. The van der Waals surface area contributed by atoms with Gasteiger partial charge in [0.25, 0.3) is 0 Å². The van der Waals surface area contributed by atoms with E-state index in [1.54, 1.807) is 5.56 Å². The Morgan fingerprint density at radius 1 is 1.06 bits per heavy atom. The first-order chi connectivity index (χ1) is 7.73. The van der Waals surface area contributed by atoms with Gasteiger partial charge in [0.1, 0.15) is 0 Å². The lowest BCUT2D eigenvalue weighted by Gasteiger charge is -2.37. The monoisotopic (exact) mass is 216 g/mol. The van der Waals surface area contributed by atoms with Gasteiger partial charge < -0.3 is 4.74 Å². The van der Waals surface area contributed by atoms with Gasteiger partial charge in [0.2, 0.25) is 0 Å². The Kier molecular flexibility index (Phi) is 2.32. The van der Waals surface area contributed by atoms with Crippen LogP contribution in [0, 0.1) is 13.8 Å². The molecule has 1 unspecified atom stereocenters. The maximum Gasteiger partial charge on any atom is 0.0937 e. The molecule has 16 heavy (non-hydrogen) atoms. The van der Waals surface area contributed by atoms with Gasteiger partial charge in [0.15, 0.2) is 0 Å². The second kappa shape index (κ2) is 3.59. The van der Waals surface area contributed by atoms with E-state index in [0.29, 0.717) is 0 Å². The number of benzene rings is 1. The zero-order chi connectivity index (χ0) is 11.2. The Morgan fingerprint density at radius 2 is 1.81 bits per heavy atom. The van der Waals surface area contributed by atoms with Crippen LogP contribution in [0.25, 0.3) is 0 Å². The van der Waals surface area contributed by atoms with E-state index >= 15 is 0 Å². The summed E-state index contributed by atoms with van der Waals surface area (Å²) in [5, 5.41) is 0. The minimum atomic E-state index is 0.0870. The predicted octanol–water partition coefficient (Wildman–Crippen LogP) is 3.65. The van der Waals surface area contributed by atoms with E-state index in [-0.39, 0.29) is 5.60 Å². The SMILES string of the molecule is Cc1ccc(C)c2c1CCCC21CCCO1. The quantitative estimate of drug-likeness (QED) is 0.643. The van der Waals surface area contributed by atoms with Crippen LogP contribution in [0.1, 0.15) is 47.9 Å². The first-order valence-electron chi connectivity index (χ1n) is 6.46. The molecule has 1 heterocycles. The predicted molar refractivity (Wildman–Crippen MR) is 65.7 cm³/mol. The molecule has 1 aromatic carbocycles. The third kappa shape index (κ3) is 1.34. The Hall–Kier alpha value is -0.820. The second-order valence-electron chi connectivity index (χ2n) is 5.35. The van der Waals surface area contributed by atoms with Gasteiger partial charge in [-0.3, -0.25) is 0 Å². The van der Waals surface area contributed by atoms with E-state index in [0.717, 1.165) is 6.61 Å². The summed E-state index contributed by atoms with van der Waals surface area (Å²) in [7, 11) is 0. The summed E-state index contributed by atoms with van der Waals surface area (Å²) < 4.78 is 6.14. The summed E-state index contributed by atoms with van der Waals surface area (Å²) >= 11 is 0. The molecule has 1 saturated heterocycles. The van der Waals surface area contributed by atoms with E-state index in [1.165, 1.54) is 48.8 Å². The highest BCUT2D eigenvalue weighted by atomic mass is 16.5. The summed E-state index contributed by atoms with van der Waals surface area (Å²) in [6.07, 6.45) is 6.21. The summed E-state index contributed by atoms with van der Waals surface area (Å²) in [4.78, 5) is 0. The number of hydrogen-bond donors (Lipinski definition) is 0. The molecule has 0 saturated carbocycles. The van der Waals surface area contributed by atoms with Crippen molar-refractivity contribution in [2.24, 2.45) is 0 Å². The Morgan fingerprint density at radius 3 is 2.56 bits per heavy atom. The summed E-state index contributed by atoms with van der Waals surface area (Å²) in [6.45, 7) is 5.44. The van der Waals surface area contributed by atoms with Crippen LogP contribution in [-0.2, 0) is 16.8 Å². The maximum atomic E-state index is 6.14. The minimum Gasteiger partial charge on any atom is -0.370 e. The highest BCUT2D eigenvalue weighted by Crippen LogP contribution is 2.47. The second-order valence-corrected chi connectivity index (χ2v) is 5.35. The number of rotatable bonds is 0. The van der Waals surface area contributed by atoms with Crippen molar-refractivity contribution in [3.05, 3.63) is 34.4 Å². The Balaban J connectivity index is 2.20. The van der Waals surface area contributed by atoms with Crippen molar-refractivity contribution in [2.45, 2.75) is 51.6 Å². The molecular weight excluding hydrogens is 196 g/mol. The standard InChI is InChI=1S/C15H20O/c1-11-6-7-12(2)14-13(11)5-3-8-15(14)9-4-10-16-15/h6-7H,3-5,8-10H2,1-2H3. The van der Waals surface area contributed by atoms with Crippen molar-refractivity contribution in [3.8, 4) is 0 Å². The van der Waals surface area contributed by atoms with Crippen LogP contribution >= 0.6 is 0 Å². The van der Waals surface area contributed by atoms with E-state index in [2.05, 4.69) is 26.0 Å². The molecule has 1 heteroatoms. The van der Waals surface area contributed by atoms with Gasteiger partial charge in [-0.05, 0) is 68.2 Å². The van der Waals surface area contributed by atoms with Crippen LogP contribution in [0.3, 0.4) is 0 Å². The van der Waals surface area contributed by atoms with Gasteiger partial charge in [-0.2, -0.15) is 0 Å². The largest absolute Gasteiger partial charge is 0.370 e. The van der Waals surface area contributed by atoms with Crippen LogP contribution in [-0.4, -0.2) is 6.61 Å². The molecule has 1 aliphatic carbocycles. The molecule has 0 radical (unpaired) electrons. The van der Waals surface area contributed by atoms with E-state index < -0.39 is 0 Å². The van der Waals surface area contributed by atoms with Gasteiger partial charge in [-0.1, -0.05) is 12.1 Å². The van der Waals surface area contributed by atoms with Crippen molar-refractivity contribution < 1.29 is 4.74 Å². The lowest BCUT2D eigenvalue weighted by Crippen LogP contribution is -2.31. The van der Waals surface area contributed by atoms with Crippen molar-refractivity contribution in [1.82, 2.24) is 0 Å². The molecule has 1 spiro atoms. The van der Waals surface area contributed by atoms with Crippen LogP contribution in [0.5, 0.6) is 0 Å². The van der Waals surface area contributed by atoms with Crippen molar-refractivity contribution in [3.63, 3.8) is 0 Å². The van der Waals surface area contributed by atoms with Crippen LogP contribution in [0.4, 0.5) is 0 Å². The maximum absolute atomic E-state index is 6.14. The van der Waals surface area contributed by atoms with Crippen molar-refractivity contribution >= 4 is 0 Å². The molecule has 0 aromatic heterocycles. The zero-order valence-corrected chi connectivity index (χ0v) is 10.3.